The lowest BCUT2D eigenvalue weighted by atomic mass is 9.90. The molecule has 0 aromatic heterocycles. The van der Waals surface area contributed by atoms with Crippen LogP contribution in [0.5, 0.6) is 0 Å². The zero-order valence-electron chi connectivity index (χ0n) is 7.43. The SMILES string of the molecule is CCC(CO)C(F)(F)C(C)CO. The first-order valence-corrected chi connectivity index (χ1v) is 4.10. The van der Waals surface area contributed by atoms with Gasteiger partial charge in [0.1, 0.15) is 0 Å². The molecule has 2 nitrogen and oxygen atoms in total. The fourth-order valence-corrected chi connectivity index (χ4v) is 1.05. The topological polar surface area (TPSA) is 40.5 Å². The van der Waals surface area contributed by atoms with Gasteiger partial charge in [-0.2, -0.15) is 0 Å². The molecule has 2 unspecified atom stereocenters. The molecule has 0 amide bonds. The second-order valence-electron chi connectivity index (χ2n) is 3.05. The predicted octanol–water partition coefficient (Wildman–Crippen LogP) is 1.27. The van der Waals surface area contributed by atoms with Crippen molar-refractivity contribution in [2.75, 3.05) is 13.2 Å². The van der Waals surface area contributed by atoms with E-state index in [1.54, 1.807) is 6.92 Å². The van der Waals surface area contributed by atoms with Crippen molar-refractivity contribution in [3.8, 4) is 0 Å². The molecule has 0 radical (unpaired) electrons. The second kappa shape index (κ2) is 4.72. The first kappa shape index (κ1) is 11.8. The minimum atomic E-state index is -2.97. The van der Waals surface area contributed by atoms with E-state index in [0.717, 1.165) is 0 Å². The van der Waals surface area contributed by atoms with E-state index < -0.39 is 31.0 Å². The Morgan fingerprint density at radius 2 is 1.75 bits per heavy atom. The summed E-state index contributed by atoms with van der Waals surface area (Å²) in [6.07, 6.45) is 0.216. The van der Waals surface area contributed by atoms with Crippen LogP contribution in [0.1, 0.15) is 20.3 Å². The van der Waals surface area contributed by atoms with Gasteiger partial charge in [-0.3, -0.25) is 0 Å². The minimum Gasteiger partial charge on any atom is -0.396 e. The number of aliphatic hydroxyl groups excluding tert-OH is 2. The molecular weight excluding hydrogens is 166 g/mol. The van der Waals surface area contributed by atoms with Crippen molar-refractivity contribution in [1.29, 1.82) is 0 Å². The summed E-state index contributed by atoms with van der Waals surface area (Å²) in [5.74, 6) is -5.10. The van der Waals surface area contributed by atoms with Crippen LogP contribution >= 0.6 is 0 Å². The molecule has 2 atom stereocenters. The summed E-state index contributed by atoms with van der Waals surface area (Å²) in [6, 6.07) is 0. The van der Waals surface area contributed by atoms with Crippen molar-refractivity contribution in [3.63, 3.8) is 0 Å². The molecule has 0 aromatic carbocycles. The van der Waals surface area contributed by atoms with Gasteiger partial charge in [-0.25, -0.2) is 8.78 Å². The summed E-state index contributed by atoms with van der Waals surface area (Å²) in [7, 11) is 0. The summed E-state index contributed by atoms with van der Waals surface area (Å²) >= 11 is 0. The molecule has 2 N–H and O–H groups in total. The quantitative estimate of drug-likeness (QED) is 0.672. The number of aliphatic hydroxyl groups is 2. The van der Waals surface area contributed by atoms with Gasteiger partial charge in [-0.1, -0.05) is 13.8 Å². The van der Waals surface area contributed by atoms with Gasteiger partial charge in [-0.05, 0) is 6.42 Å². The molecule has 12 heavy (non-hydrogen) atoms. The summed E-state index contributed by atoms with van der Waals surface area (Å²) in [5, 5.41) is 17.2. The van der Waals surface area contributed by atoms with E-state index in [1.165, 1.54) is 6.92 Å². The maximum Gasteiger partial charge on any atom is 0.257 e. The van der Waals surface area contributed by atoms with Gasteiger partial charge >= 0.3 is 0 Å². The van der Waals surface area contributed by atoms with Gasteiger partial charge in [0.15, 0.2) is 0 Å². The summed E-state index contributed by atoms with van der Waals surface area (Å²) in [6.45, 7) is 1.79. The summed E-state index contributed by atoms with van der Waals surface area (Å²) in [4.78, 5) is 0. The average molecular weight is 182 g/mol. The second-order valence-corrected chi connectivity index (χ2v) is 3.05. The van der Waals surface area contributed by atoms with Crippen molar-refractivity contribution in [3.05, 3.63) is 0 Å². The van der Waals surface area contributed by atoms with Gasteiger partial charge in [0.25, 0.3) is 5.92 Å². The van der Waals surface area contributed by atoms with E-state index >= 15 is 0 Å². The average Bonchev–Trinajstić information content (AvgIpc) is 2.04. The van der Waals surface area contributed by atoms with Crippen LogP contribution in [0.4, 0.5) is 8.78 Å². The molecule has 4 heteroatoms. The molecule has 0 spiro atoms. The molecular formula is C8H16F2O2. The molecule has 0 aliphatic heterocycles. The fourth-order valence-electron chi connectivity index (χ4n) is 1.05. The highest BCUT2D eigenvalue weighted by atomic mass is 19.3. The molecule has 0 aromatic rings. The molecule has 0 aliphatic rings. The van der Waals surface area contributed by atoms with Gasteiger partial charge < -0.3 is 10.2 Å². The molecule has 0 heterocycles. The lowest BCUT2D eigenvalue weighted by Gasteiger charge is -2.28. The van der Waals surface area contributed by atoms with E-state index in [4.69, 9.17) is 10.2 Å². The van der Waals surface area contributed by atoms with Crippen LogP contribution in [0.3, 0.4) is 0 Å². The van der Waals surface area contributed by atoms with E-state index in [1.807, 2.05) is 0 Å². The molecule has 0 saturated heterocycles. The Hall–Kier alpha value is -0.220. The van der Waals surface area contributed by atoms with E-state index in [-0.39, 0.29) is 6.42 Å². The smallest absolute Gasteiger partial charge is 0.257 e. The number of hydrogen-bond acceptors (Lipinski definition) is 2. The highest BCUT2D eigenvalue weighted by Crippen LogP contribution is 2.34. The number of halogens is 2. The monoisotopic (exact) mass is 182 g/mol. The molecule has 0 aliphatic carbocycles. The van der Waals surface area contributed by atoms with Crippen LogP contribution < -0.4 is 0 Å². The Bertz CT molecular complexity index is 124. The highest BCUT2D eigenvalue weighted by molar-refractivity contribution is 4.80. The fraction of sp³-hybridized carbons (Fsp3) is 1.00. The lowest BCUT2D eigenvalue weighted by Crippen LogP contribution is -2.38. The van der Waals surface area contributed by atoms with Crippen LogP contribution in [-0.4, -0.2) is 29.3 Å². The van der Waals surface area contributed by atoms with Crippen LogP contribution in [0.15, 0.2) is 0 Å². The van der Waals surface area contributed by atoms with Crippen LogP contribution in [0, 0.1) is 11.8 Å². The molecule has 0 fully saturated rings. The zero-order valence-corrected chi connectivity index (χ0v) is 7.43. The third-order valence-corrected chi connectivity index (χ3v) is 2.19. The molecule has 74 valence electrons. The van der Waals surface area contributed by atoms with E-state index in [0.29, 0.717) is 0 Å². The van der Waals surface area contributed by atoms with Crippen molar-refractivity contribution in [2.45, 2.75) is 26.2 Å². The largest absolute Gasteiger partial charge is 0.396 e. The van der Waals surface area contributed by atoms with Crippen molar-refractivity contribution in [2.24, 2.45) is 11.8 Å². The normalized spacial score (nSPS) is 17.5. The first-order chi connectivity index (χ1) is 5.50. The number of hydrogen-bond donors (Lipinski definition) is 2. The van der Waals surface area contributed by atoms with Crippen LogP contribution in [-0.2, 0) is 0 Å². The zero-order chi connectivity index (χ0) is 9.78. The number of rotatable bonds is 5. The molecule has 0 saturated carbocycles. The van der Waals surface area contributed by atoms with Crippen molar-refractivity contribution < 1.29 is 19.0 Å². The maximum atomic E-state index is 13.2. The Balaban J connectivity index is 4.33. The number of alkyl halides is 2. The third kappa shape index (κ3) is 2.38. The Morgan fingerprint density at radius 3 is 2.00 bits per heavy atom. The predicted molar refractivity (Wildman–Crippen MR) is 42.1 cm³/mol. The minimum absolute atomic E-state index is 0.216. The first-order valence-electron chi connectivity index (χ1n) is 4.10. The standard InChI is InChI=1S/C8H16F2O2/c1-3-7(5-12)8(9,10)6(2)4-11/h6-7,11-12H,3-5H2,1-2H3. The van der Waals surface area contributed by atoms with Crippen LogP contribution in [0.25, 0.3) is 0 Å². The summed E-state index contributed by atoms with van der Waals surface area (Å²) in [5.41, 5.74) is 0. The van der Waals surface area contributed by atoms with Crippen molar-refractivity contribution in [1.82, 2.24) is 0 Å². The van der Waals surface area contributed by atoms with E-state index in [2.05, 4.69) is 0 Å². The third-order valence-electron chi connectivity index (χ3n) is 2.19. The summed E-state index contributed by atoms with van der Waals surface area (Å²) < 4.78 is 26.3. The lowest BCUT2D eigenvalue weighted by molar-refractivity contribution is -0.128. The Labute approximate surface area is 71.2 Å². The van der Waals surface area contributed by atoms with Gasteiger partial charge in [-0.15, -0.1) is 0 Å². The maximum absolute atomic E-state index is 13.2. The van der Waals surface area contributed by atoms with Crippen molar-refractivity contribution >= 4 is 0 Å². The molecule has 0 rings (SSSR count). The van der Waals surface area contributed by atoms with Gasteiger partial charge in [0, 0.05) is 11.8 Å². The van der Waals surface area contributed by atoms with Crippen LogP contribution in [0.2, 0.25) is 0 Å². The molecule has 0 bridgehead atoms. The van der Waals surface area contributed by atoms with Gasteiger partial charge in [0.05, 0.1) is 13.2 Å². The van der Waals surface area contributed by atoms with Gasteiger partial charge in [0.2, 0.25) is 0 Å². The Morgan fingerprint density at radius 1 is 1.25 bits per heavy atom. The highest BCUT2D eigenvalue weighted by Gasteiger charge is 2.42. The Kier molecular flexibility index (Phi) is 4.63. The van der Waals surface area contributed by atoms with E-state index in [9.17, 15) is 8.78 Å².